The summed E-state index contributed by atoms with van der Waals surface area (Å²) in [5, 5.41) is 25.5. The number of aromatic carboxylic acids is 1. The van der Waals surface area contributed by atoms with Crippen molar-refractivity contribution in [2.45, 2.75) is 0 Å². The minimum atomic E-state index is -1.29. The van der Waals surface area contributed by atoms with Gasteiger partial charge in [0.15, 0.2) is 0 Å². The first-order valence-electron chi connectivity index (χ1n) is 5.09. The number of hydrogen-bond acceptors (Lipinski definition) is 7. The minimum Gasteiger partial charge on any atom is -0.478 e. The lowest BCUT2D eigenvalue weighted by Crippen LogP contribution is -2.12. The van der Waals surface area contributed by atoms with Crippen LogP contribution in [0.2, 0.25) is 0 Å². The van der Waals surface area contributed by atoms with Gasteiger partial charge in [-0.25, -0.2) is 4.79 Å². The maximum absolute atomic E-state index is 11.7. The van der Waals surface area contributed by atoms with Crippen molar-refractivity contribution in [2.75, 3.05) is 5.32 Å². The number of hydrogen-bond donors (Lipinski definition) is 2. The van der Waals surface area contributed by atoms with Crippen LogP contribution in [0, 0.1) is 10.1 Å². The molecule has 2 rings (SSSR count). The van der Waals surface area contributed by atoms with Crippen LogP contribution in [0.25, 0.3) is 0 Å². The van der Waals surface area contributed by atoms with Gasteiger partial charge in [0.05, 0.1) is 16.7 Å². The van der Waals surface area contributed by atoms with Gasteiger partial charge >= 0.3 is 5.97 Å². The number of nitro groups is 1. The topological polar surface area (TPSA) is 135 Å². The predicted molar refractivity (Wildman–Crippen MR) is 67.9 cm³/mol. The Morgan fingerprint density at radius 3 is 2.70 bits per heavy atom. The van der Waals surface area contributed by atoms with Gasteiger partial charge < -0.3 is 10.4 Å². The molecule has 0 saturated heterocycles. The summed E-state index contributed by atoms with van der Waals surface area (Å²) in [7, 11) is 0. The Labute approximate surface area is 115 Å². The van der Waals surface area contributed by atoms with Crippen molar-refractivity contribution < 1.29 is 19.6 Å². The van der Waals surface area contributed by atoms with E-state index in [1.54, 1.807) is 0 Å². The number of benzene rings is 1. The number of rotatable bonds is 4. The summed E-state index contributed by atoms with van der Waals surface area (Å²) in [5.74, 6) is -1.90. The van der Waals surface area contributed by atoms with Crippen LogP contribution in [0.4, 0.5) is 11.4 Å². The molecule has 1 aromatic heterocycles. The Bertz CT molecular complexity index is 685. The van der Waals surface area contributed by atoms with Crippen LogP contribution in [0.5, 0.6) is 0 Å². The molecule has 10 heteroatoms. The zero-order valence-corrected chi connectivity index (χ0v) is 10.5. The van der Waals surface area contributed by atoms with Crippen LogP contribution in [-0.4, -0.2) is 31.5 Å². The second-order valence-corrected chi connectivity index (χ2v) is 4.32. The smallest absolute Gasteiger partial charge is 0.335 e. The lowest BCUT2D eigenvalue weighted by atomic mass is 10.1. The fourth-order valence-electron chi connectivity index (χ4n) is 1.37. The molecular weight excluding hydrogens is 288 g/mol. The molecule has 1 heterocycles. The lowest BCUT2D eigenvalue weighted by Gasteiger charge is -2.05. The molecule has 0 bridgehead atoms. The number of carboxylic acid groups (broad SMARTS) is 1. The molecule has 1 amide bonds. The molecule has 0 fully saturated rings. The summed E-state index contributed by atoms with van der Waals surface area (Å²) >= 11 is 0.835. The monoisotopic (exact) mass is 294 g/mol. The van der Waals surface area contributed by atoms with Crippen LogP contribution >= 0.6 is 11.5 Å². The van der Waals surface area contributed by atoms with Gasteiger partial charge in [0.2, 0.25) is 0 Å². The number of aromatic nitrogens is 2. The van der Waals surface area contributed by atoms with E-state index in [9.17, 15) is 19.7 Å². The fourth-order valence-corrected chi connectivity index (χ4v) is 1.78. The van der Waals surface area contributed by atoms with E-state index in [-0.39, 0.29) is 16.1 Å². The molecule has 1 aromatic carbocycles. The van der Waals surface area contributed by atoms with Gasteiger partial charge in [-0.15, -0.1) is 5.10 Å². The Kier molecular flexibility index (Phi) is 3.66. The summed E-state index contributed by atoms with van der Waals surface area (Å²) in [6.07, 6.45) is 1.22. The van der Waals surface area contributed by atoms with Crippen LogP contribution in [0.1, 0.15) is 20.0 Å². The maximum atomic E-state index is 11.7. The van der Waals surface area contributed by atoms with E-state index < -0.39 is 22.5 Å². The second-order valence-electron chi connectivity index (χ2n) is 3.53. The van der Waals surface area contributed by atoms with Crippen LogP contribution < -0.4 is 5.32 Å². The summed E-state index contributed by atoms with van der Waals surface area (Å²) in [6.45, 7) is 0. The summed E-state index contributed by atoms with van der Waals surface area (Å²) < 4.78 is 3.50. The molecule has 0 unspecified atom stereocenters. The van der Waals surface area contributed by atoms with E-state index in [2.05, 4.69) is 14.9 Å². The standard InChI is InChI=1S/C10H6N4O5S/c15-9(8-4-11-13-20-8)12-6-2-1-5(10(16)17)3-7(6)14(18)19/h1-4H,(H,12,15)(H,16,17). The van der Waals surface area contributed by atoms with Gasteiger partial charge in [0.1, 0.15) is 10.6 Å². The fraction of sp³-hybridized carbons (Fsp3) is 0. The van der Waals surface area contributed by atoms with Crippen molar-refractivity contribution in [3.05, 3.63) is 45.0 Å². The first-order valence-corrected chi connectivity index (χ1v) is 5.87. The average molecular weight is 294 g/mol. The molecule has 0 spiro atoms. The van der Waals surface area contributed by atoms with E-state index in [4.69, 9.17) is 5.11 Å². The van der Waals surface area contributed by atoms with E-state index in [0.29, 0.717) is 0 Å². The van der Waals surface area contributed by atoms with Crippen molar-refractivity contribution in [3.63, 3.8) is 0 Å². The minimum absolute atomic E-state index is 0.0987. The van der Waals surface area contributed by atoms with Crippen molar-refractivity contribution in [1.29, 1.82) is 0 Å². The predicted octanol–water partition coefficient (Wildman–Crippen LogP) is 1.40. The highest BCUT2D eigenvalue weighted by Gasteiger charge is 2.20. The molecule has 0 radical (unpaired) electrons. The van der Waals surface area contributed by atoms with Gasteiger partial charge in [-0.2, -0.15) is 0 Å². The molecule has 2 aromatic rings. The summed E-state index contributed by atoms with van der Waals surface area (Å²) in [5.41, 5.74) is -0.844. The van der Waals surface area contributed by atoms with Crippen molar-refractivity contribution >= 4 is 34.8 Å². The van der Waals surface area contributed by atoms with Crippen LogP contribution in [0.15, 0.2) is 24.4 Å². The number of nitrogens with zero attached hydrogens (tertiary/aromatic N) is 3. The Balaban J connectivity index is 2.34. The maximum Gasteiger partial charge on any atom is 0.335 e. The third kappa shape index (κ3) is 2.75. The van der Waals surface area contributed by atoms with E-state index in [1.165, 1.54) is 6.20 Å². The van der Waals surface area contributed by atoms with Crippen LogP contribution in [0.3, 0.4) is 0 Å². The third-order valence-corrected chi connectivity index (χ3v) is 2.94. The van der Waals surface area contributed by atoms with Crippen molar-refractivity contribution in [3.8, 4) is 0 Å². The zero-order valence-electron chi connectivity index (χ0n) is 9.64. The average Bonchev–Trinajstić information content (AvgIpc) is 2.92. The van der Waals surface area contributed by atoms with E-state index >= 15 is 0 Å². The third-order valence-electron chi connectivity index (χ3n) is 2.27. The lowest BCUT2D eigenvalue weighted by molar-refractivity contribution is -0.383. The van der Waals surface area contributed by atoms with E-state index in [0.717, 1.165) is 29.7 Å². The normalized spacial score (nSPS) is 10.0. The Morgan fingerprint density at radius 2 is 2.15 bits per heavy atom. The Morgan fingerprint density at radius 1 is 1.40 bits per heavy atom. The first-order chi connectivity index (χ1) is 9.49. The first kappa shape index (κ1) is 13.5. The molecule has 0 aliphatic carbocycles. The Hall–Kier alpha value is -2.88. The quantitative estimate of drug-likeness (QED) is 0.642. The largest absolute Gasteiger partial charge is 0.478 e. The van der Waals surface area contributed by atoms with Crippen molar-refractivity contribution in [1.82, 2.24) is 9.59 Å². The number of carbonyl (C=O) groups is 2. The van der Waals surface area contributed by atoms with Gasteiger partial charge in [0, 0.05) is 6.07 Å². The van der Waals surface area contributed by atoms with Gasteiger partial charge in [0.25, 0.3) is 11.6 Å². The van der Waals surface area contributed by atoms with Crippen molar-refractivity contribution in [2.24, 2.45) is 0 Å². The van der Waals surface area contributed by atoms with Crippen LogP contribution in [-0.2, 0) is 0 Å². The molecule has 0 atom stereocenters. The number of amides is 1. The van der Waals surface area contributed by atoms with Gasteiger partial charge in [-0.3, -0.25) is 14.9 Å². The molecule has 0 saturated carbocycles. The molecule has 2 N–H and O–H groups in total. The molecule has 20 heavy (non-hydrogen) atoms. The molecular formula is C10H6N4O5S. The number of anilines is 1. The molecule has 0 aliphatic rings. The highest BCUT2D eigenvalue weighted by Crippen LogP contribution is 2.26. The highest BCUT2D eigenvalue weighted by atomic mass is 32.1. The summed E-state index contributed by atoms with van der Waals surface area (Å²) in [6, 6.07) is 3.20. The zero-order chi connectivity index (χ0) is 14.7. The SMILES string of the molecule is O=C(O)c1ccc(NC(=O)c2cnns2)c([N+](=O)[O-])c1. The molecule has 0 aliphatic heterocycles. The molecule has 102 valence electrons. The molecule has 9 nitrogen and oxygen atoms in total. The number of nitrogens with one attached hydrogen (secondary N) is 1. The number of carbonyl (C=O) groups excluding carboxylic acids is 1. The summed E-state index contributed by atoms with van der Waals surface area (Å²) in [4.78, 5) is 32.8. The highest BCUT2D eigenvalue weighted by molar-refractivity contribution is 7.07. The van der Waals surface area contributed by atoms with Gasteiger partial charge in [-0.1, -0.05) is 4.49 Å². The van der Waals surface area contributed by atoms with Gasteiger partial charge in [-0.05, 0) is 23.7 Å². The number of carboxylic acids is 1. The number of nitro benzene ring substituents is 1. The van der Waals surface area contributed by atoms with E-state index in [1.807, 2.05) is 0 Å². The second kappa shape index (κ2) is 5.40.